The van der Waals surface area contributed by atoms with E-state index in [9.17, 15) is 8.42 Å². The molecule has 0 bridgehead atoms. The van der Waals surface area contributed by atoms with Crippen molar-refractivity contribution in [1.29, 1.82) is 0 Å². The molecular weight excluding hydrogens is 248 g/mol. The molecule has 0 aromatic rings. The van der Waals surface area contributed by atoms with E-state index in [0.29, 0.717) is 26.1 Å². The van der Waals surface area contributed by atoms with Crippen molar-refractivity contribution >= 4 is 10.1 Å². The summed E-state index contributed by atoms with van der Waals surface area (Å²) in [6, 6.07) is 0. The molecule has 6 nitrogen and oxygen atoms in total. The van der Waals surface area contributed by atoms with Gasteiger partial charge in [0.05, 0.1) is 31.2 Å². The van der Waals surface area contributed by atoms with Gasteiger partial charge in [-0.3, -0.25) is 4.55 Å². The SMILES string of the molecule is CC(O)COCC(C)OCCCCS(=O)(=O)O. The van der Waals surface area contributed by atoms with Gasteiger partial charge in [-0.15, -0.1) is 0 Å². The monoisotopic (exact) mass is 270 g/mol. The van der Waals surface area contributed by atoms with Gasteiger partial charge < -0.3 is 14.6 Å². The molecule has 2 atom stereocenters. The van der Waals surface area contributed by atoms with Crippen LogP contribution in [0.3, 0.4) is 0 Å². The Morgan fingerprint density at radius 2 is 1.82 bits per heavy atom. The lowest BCUT2D eigenvalue weighted by atomic mass is 10.3. The average Bonchev–Trinajstić information content (AvgIpc) is 2.14. The first-order chi connectivity index (χ1) is 7.81. The number of aliphatic hydroxyl groups is 1. The van der Waals surface area contributed by atoms with Gasteiger partial charge in [0.15, 0.2) is 0 Å². The minimum Gasteiger partial charge on any atom is -0.391 e. The van der Waals surface area contributed by atoms with E-state index in [0.717, 1.165) is 0 Å². The first-order valence-corrected chi connectivity index (χ1v) is 7.24. The summed E-state index contributed by atoms with van der Waals surface area (Å²) >= 11 is 0. The second-order valence-electron chi connectivity index (χ2n) is 4.06. The van der Waals surface area contributed by atoms with Crippen LogP contribution in [0.1, 0.15) is 26.7 Å². The number of hydrogen-bond donors (Lipinski definition) is 2. The van der Waals surface area contributed by atoms with Gasteiger partial charge in [0.2, 0.25) is 0 Å². The number of aliphatic hydroxyl groups excluding tert-OH is 1. The molecule has 17 heavy (non-hydrogen) atoms. The third kappa shape index (κ3) is 13.7. The maximum Gasteiger partial charge on any atom is 0.264 e. The highest BCUT2D eigenvalue weighted by Crippen LogP contribution is 1.99. The summed E-state index contributed by atoms with van der Waals surface area (Å²) in [5, 5.41) is 8.94. The molecule has 0 aliphatic heterocycles. The number of ether oxygens (including phenoxy) is 2. The summed E-state index contributed by atoms with van der Waals surface area (Å²) in [7, 11) is -3.86. The standard InChI is InChI=1S/C10H22O6S/c1-9(11)7-15-8-10(2)16-5-3-4-6-17(12,13)14/h9-11H,3-8H2,1-2H3,(H,12,13,14). The molecule has 2 unspecified atom stereocenters. The molecule has 104 valence electrons. The van der Waals surface area contributed by atoms with Crippen LogP contribution in [0.2, 0.25) is 0 Å². The molecule has 0 fully saturated rings. The molecule has 2 N–H and O–H groups in total. The lowest BCUT2D eigenvalue weighted by Gasteiger charge is -2.14. The molecule has 0 saturated heterocycles. The zero-order valence-electron chi connectivity index (χ0n) is 10.3. The Bertz CT molecular complexity index is 275. The highest BCUT2D eigenvalue weighted by atomic mass is 32.2. The van der Waals surface area contributed by atoms with Crippen molar-refractivity contribution in [3.05, 3.63) is 0 Å². The molecule has 0 spiro atoms. The molecule has 0 aliphatic carbocycles. The fourth-order valence-electron chi connectivity index (χ4n) is 1.12. The molecule has 0 rings (SSSR count). The van der Waals surface area contributed by atoms with Crippen LogP contribution >= 0.6 is 0 Å². The molecule has 0 heterocycles. The smallest absolute Gasteiger partial charge is 0.264 e. The van der Waals surface area contributed by atoms with E-state index >= 15 is 0 Å². The van der Waals surface area contributed by atoms with E-state index in [2.05, 4.69) is 0 Å². The van der Waals surface area contributed by atoms with Gasteiger partial charge in [0.25, 0.3) is 10.1 Å². The lowest BCUT2D eigenvalue weighted by molar-refractivity contribution is -0.0288. The summed E-state index contributed by atoms with van der Waals surface area (Å²) in [5.74, 6) is -0.233. The average molecular weight is 270 g/mol. The van der Waals surface area contributed by atoms with Gasteiger partial charge in [-0.2, -0.15) is 8.42 Å². The minimum atomic E-state index is -3.86. The summed E-state index contributed by atoms with van der Waals surface area (Å²) < 4.78 is 39.8. The summed E-state index contributed by atoms with van der Waals surface area (Å²) in [6.07, 6.45) is 0.358. The first kappa shape index (κ1) is 16.8. The third-order valence-electron chi connectivity index (χ3n) is 1.91. The van der Waals surface area contributed by atoms with Crippen molar-refractivity contribution in [2.45, 2.75) is 38.9 Å². The van der Waals surface area contributed by atoms with Crippen molar-refractivity contribution in [3.8, 4) is 0 Å². The van der Waals surface area contributed by atoms with Crippen molar-refractivity contribution in [2.24, 2.45) is 0 Å². The van der Waals surface area contributed by atoms with Gasteiger partial charge in [0, 0.05) is 6.61 Å². The number of rotatable bonds is 10. The van der Waals surface area contributed by atoms with E-state index in [1.165, 1.54) is 0 Å². The zero-order chi connectivity index (χ0) is 13.3. The van der Waals surface area contributed by atoms with Crippen LogP contribution in [0, 0.1) is 0 Å². The Balaban J connectivity index is 3.36. The van der Waals surface area contributed by atoms with Crippen LogP contribution in [-0.2, 0) is 19.6 Å². The van der Waals surface area contributed by atoms with Crippen LogP contribution in [0.4, 0.5) is 0 Å². The first-order valence-electron chi connectivity index (χ1n) is 5.64. The Hall–Kier alpha value is -0.210. The van der Waals surface area contributed by atoms with Crippen molar-refractivity contribution in [1.82, 2.24) is 0 Å². The van der Waals surface area contributed by atoms with Crippen molar-refractivity contribution < 1.29 is 27.6 Å². The van der Waals surface area contributed by atoms with Crippen molar-refractivity contribution in [3.63, 3.8) is 0 Å². The fourth-order valence-corrected chi connectivity index (χ4v) is 1.69. The van der Waals surface area contributed by atoms with Gasteiger partial charge in [-0.25, -0.2) is 0 Å². The fraction of sp³-hybridized carbons (Fsp3) is 1.00. The molecule has 0 saturated carbocycles. The van der Waals surface area contributed by atoms with Crippen molar-refractivity contribution in [2.75, 3.05) is 25.6 Å². The third-order valence-corrected chi connectivity index (χ3v) is 2.72. The number of unbranched alkanes of at least 4 members (excludes halogenated alkanes) is 1. The second-order valence-corrected chi connectivity index (χ2v) is 5.63. The normalized spacial score (nSPS) is 15.8. The quantitative estimate of drug-likeness (QED) is 0.442. The summed E-state index contributed by atoms with van der Waals surface area (Å²) in [5.41, 5.74) is 0. The lowest BCUT2D eigenvalue weighted by Crippen LogP contribution is -2.20. The zero-order valence-corrected chi connectivity index (χ0v) is 11.1. The van der Waals surface area contributed by atoms with Crippen LogP contribution < -0.4 is 0 Å². The maximum atomic E-state index is 10.4. The molecule has 0 radical (unpaired) electrons. The van der Waals surface area contributed by atoms with Gasteiger partial charge in [0.1, 0.15) is 0 Å². The predicted octanol–water partition coefficient (Wildman–Crippen LogP) is 0.457. The molecule has 0 aromatic heterocycles. The second kappa shape index (κ2) is 8.82. The van der Waals surface area contributed by atoms with Crippen LogP contribution in [0.25, 0.3) is 0 Å². The van der Waals surface area contributed by atoms with Crippen LogP contribution in [0.5, 0.6) is 0 Å². The van der Waals surface area contributed by atoms with Crippen LogP contribution in [0.15, 0.2) is 0 Å². The highest BCUT2D eigenvalue weighted by Gasteiger charge is 2.06. The van der Waals surface area contributed by atoms with Gasteiger partial charge >= 0.3 is 0 Å². The molecule has 7 heteroatoms. The van der Waals surface area contributed by atoms with Crippen LogP contribution in [-0.4, -0.2) is 55.9 Å². The highest BCUT2D eigenvalue weighted by molar-refractivity contribution is 7.85. The Labute approximate surface area is 103 Å². The van der Waals surface area contributed by atoms with E-state index < -0.39 is 16.2 Å². The van der Waals surface area contributed by atoms with E-state index in [-0.39, 0.29) is 18.5 Å². The predicted molar refractivity (Wildman–Crippen MR) is 63.6 cm³/mol. The largest absolute Gasteiger partial charge is 0.391 e. The summed E-state index contributed by atoms with van der Waals surface area (Å²) in [4.78, 5) is 0. The van der Waals surface area contributed by atoms with E-state index in [1.807, 2.05) is 6.92 Å². The Morgan fingerprint density at radius 1 is 1.18 bits per heavy atom. The minimum absolute atomic E-state index is 0.0977. The van der Waals surface area contributed by atoms with E-state index in [1.54, 1.807) is 6.92 Å². The molecule has 0 aliphatic rings. The topological polar surface area (TPSA) is 93.1 Å². The van der Waals surface area contributed by atoms with Gasteiger partial charge in [-0.1, -0.05) is 0 Å². The Morgan fingerprint density at radius 3 is 2.35 bits per heavy atom. The van der Waals surface area contributed by atoms with Gasteiger partial charge in [-0.05, 0) is 26.7 Å². The molecular formula is C10H22O6S. The summed E-state index contributed by atoms with van der Waals surface area (Å²) in [6.45, 7) is 4.57. The molecule has 0 amide bonds. The number of hydrogen-bond acceptors (Lipinski definition) is 5. The van der Waals surface area contributed by atoms with E-state index in [4.69, 9.17) is 19.1 Å². The molecule has 0 aromatic carbocycles. The Kier molecular flexibility index (Phi) is 8.71. The maximum absolute atomic E-state index is 10.4.